The van der Waals surface area contributed by atoms with E-state index in [4.69, 9.17) is 19.1 Å². The van der Waals surface area contributed by atoms with Crippen molar-refractivity contribution in [2.24, 2.45) is 0 Å². The molecular weight excluding hydrogens is 842 g/mol. The van der Waals surface area contributed by atoms with E-state index in [1.54, 1.807) is 18.2 Å². The molecule has 3 atom stereocenters. The van der Waals surface area contributed by atoms with Gasteiger partial charge in [-0.2, -0.15) is 0 Å². The van der Waals surface area contributed by atoms with Gasteiger partial charge in [-0.05, 0) is 121 Å². The maximum atomic E-state index is 13.9. The van der Waals surface area contributed by atoms with E-state index in [2.05, 4.69) is 84.9 Å². The van der Waals surface area contributed by atoms with E-state index in [0.717, 1.165) is 94.4 Å². The molecule has 0 spiro atoms. The van der Waals surface area contributed by atoms with Crippen LogP contribution in [0.25, 0.3) is 0 Å². The van der Waals surface area contributed by atoms with Gasteiger partial charge in [-0.25, -0.2) is 4.79 Å². The van der Waals surface area contributed by atoms with Crippen LogP contribution in [0.2, 0.25) is 0 Å². The lowest BCUT2D eigenvalue weighted by Gasteiger charge is -2.32. The molecule has 13 heteroatoms. The fraction of sp³-hybridized carbons (Fsp3) is 0.519. The Labute approximate surface area is 389 Å². The van der Waals surface area contributed by atoms with Crippen LogP contribution in [0.4, 0.5) is 0 Å². The number of hydrogen-bond donors (Lipinski definition) is 3. The summed E-state index contributed by atoms with van der Waals surface area (Å²) in [5.41, 5.74) is 5.79. The van der Waals surface area contributed by atoms with Gasteiger partial charge in [0, 0.05) is 48.9 Å². The number of likely N-dealkylation sites (N-methyl/N-ethyl adjacent to an activating group) is 1. The smallest absolute Gasteiger partial charge is 0.367 e. The quantitative estimate of drug-likeness (QED) is 0.0111. The van der Waals surface area contributed by atoms with Gasteiger partial charge in [0.25, 0.3) is 7.82 Å². The zero-order chi connectivity index (χ0) is 47.2. The van der Waals surface area contributed by atoms with Gasteiger partial charge in [-0.3, -0.25) is 14.0 Å². The number of phosphoric ester groups is 1. The Morgan fingerprint density at radius 1 is 0.815 bits per heavy atom. The summed E-state index contributed by atoms with van der Waals surface area (Å²) >= 11 is 0. The number of unbranched alkanes of at least 4 members (excludes halogenated alkanes) is 4. The number of rotatable bonds is 31. The van der Waals surface area contributed by atoms with Crippen molar-refractivity contribution < 1.29 is 47.5 Å². The molecule has 0 aromatic heterocycles. The number of nitrogens with one attached hydrogen (secondary N) is 1. The summed E-state index contributed by atoms with van der Waals surface area (Å²) in [6, 6.07) is 32.8. The van der Waals surface area contributed by atoms with Crippen molar-refractivity contribution in [3.05, 3.63) is 130 Å². The highest BCUT2D eigenvalue weighted by Crippen LogP contribution is 2.37. The number of aryl methyl sites for hydroxylation is 2. The van der Waals surface area contributed by atoms with E-state index in [1.807, 2.05) is 57.4 Å². The number of quaternary nitrogens is 1. The molecule has 3 unspecified atom stereocenters. The van der Waals surface area contributed by atoms with Crippen LogP contribution in [0.1, 0.15) is 118 Å². The molecule has 65 heavy (non-hydrogen) atoms. The van der Waals surface area contributed by atoms with E-state index in [-0.39, 0.29) is 23.5 Å². The minimum Gasteiger partial charge on any atom is -0.756 e. The van der Waals surface area contributed by atoms with Gasteiger partial charge in [0.2, 0.25) is 0 Å². The third-order valence-corrected chi connectivity index (χ3v) is 12.0. The lowest BCUT2D eigenvalue weighted by molar-refractivity contribution is -0.896. The second-order valence-electron chi connectivity index (χ2n) is 18.4. The molecular formula is C52H76N3O9P. The summed E-state index contributed by atoms with van der Waals surface area (Å²) in [5.74, 6) is 0.390. The Kier molecular flexibility index (Phi) is 22.8. The van der Waals surface area contributed by atoms with Gasteiger partial charge in [-0.1, -0.05) is 97.3 Å². The van der Waals surface area contributed by atoms with E-state index in [1.165, 1.54) is 5.56 Å². The normalized spacial score (nSPS) is 13.9. The number of phosphoric acid groups is 1. The van der Waals surface area contributed by atoms with Gasteiger partial charge >= 0.3 is 5.97 Å². The predicted octanol–water partition coefficient (Wildman–Crippen LogP) is 8.85. The topological polar surface area (TPSA) is 150 Å². The lowest BCUT2D eigenvalue weighted by atomic mass is 9.86. The molecule has 358 valence electrons. The first-order chi connectivity index (χ1) is 31.0. The van der Waals surface area contributed by atoms with Gasteiger partial charge in [0.05, 0.1) is 20.2 Å². The maximum absolute atomic E-state index is 13.9. The van der Waals surface area contributed by atoms with E-state index >= 15 is 0 Å². The summed E-state index contributed by atoms with van der Waals surface area (Å²) in [6.07, 6.45) is 7.43. The zero-order valence-corrected chi connectivity index (χ0v) is 40.8. The van der Waals surface area contributed by atoms with Crippen LogP contribution in [0, 0.1) is 6.92 Å². The molecule has 0 aliphatic carbocycles. The molecule has 4 aromatic carbocycles. The Morgan fingerprint density at radius 3 is 2.14 bits per heavy atom. The summed E-state index contributed by atoms with van der Waals surface area (Å²) < 4.78 is 33.7. The highest BCUT2D eigenvalue weighted by molar-refractivity contribution is 7.44. The van der Waals surface area contributed by atoms with Crippen LogP contribution in [0.15, 0.2) is 97.1 Å². The molecule has 0 heterocycles. The summed E-state index contributed by atoms with van der Waals surface area (Å²) in [5, 5.41) is 14.6. The number of ether oxygens (including phenoxy) is 3. The molecule has 0 saturated heterocycles. The van der Waals surface area contributed by atoms with Gasteiger partial charge in [0.1, 0.15) is 18.0 Å². The van der Waals surface area contributed by atoms with Crippen molar-refractivity contribution in [3.8, 4) is 11.5 Å². The minimum atomic E-state index is -5.03. The number of hydrogen-bond acceptors (Lipinski definition) is 10. The van der Waals surface area contributed by atoms with Gasteiger partial charge in [0.15, 0.2) is 13.3 Å². The second-order valence-corrected chi connectivity index (χ2v) is 19.6. The molecule has 0 aliphatic heterocycles. The van der Waals surface area contributed by atoms with Crippen molar-refractivity contribution in [2.45, 2.75) is 117 Å². The maximum Gasteiger partial charge on any atom is 0.367 e. The fourth-order valence-corrected chi connectivity index (χ4v) is 8.49. The van der Waals surface area contributed by atoms with Crippen LogP contribution in [-0.2, 0) is 31.6 Å². The monoisotopic (exact) mass is 918 g/mol. The van der Waals surface area contributed by atoms with E-state index in [9.17, 15) is 19.4 Å². The van der Waals surface area contributed by atoms with Crippen LogP contribution < -0.4 is 19.7 Å². The average Bonchev–Trinajstić information content (AvgIpc) is 3.24. The first-order valence-corrected chi connectivity index (χ1v) is 24.9. The number of nitrogens with zero attached hydrogens (tertiary/aromatic N) is 2. The molecule has 0 saturated carbocycles. The highest BCUT2D eigenvalue weighted by Gasteiger charge is 2.28. The fourth-order valence-electron chi connectivity index (χ4n) is 8.30. The van der Waals surface area contributed by atoms with Crippen LogP contribution >= 0.6 is 7.82 Å². The van der Waals surface area contributed by atoms with Crippen LogP contribution in [0.5, 0.6) is 11.5 Å². The molecule has 4 aromatic rings. The number of esters is 1. The molecule has 0 aliphatic rings. The summed E-state index contributed by atoms with van der Waals surface area (Å²) in [7, 11) is -1.25. The van der Waals surface area contributed by atoms with Crippen molar-refractivity contribution in [2.75, 3.05) is 60.3 Å². The molecule has 12 nitrogen and oxygen atoms in total. The first-order valence-electron chi connectivity index (χ1n) is 23.4. The summed E-state index contributed by atoms with van der Waals surface area (Å²) in [6.45, 7) is 14.0. The predicted molar refractivity (Wildman–Crippen MR) is 257 cm³/mol. The number of aliphatic hydroxyl groups is 1. The molecule has 0 fully saturated rings. The molecule has 0 amide bonds. The average molecular weight is 918 g/mol. The van der Waals surface area contributed by atoms with Gasteiger partial charge < -0.3 is 38.9 Å². The third kappa shape index (κ3) is 20.2. The lowest BCUT2D eigenvalue weighted by Crippen LogP contribution is -2.44. The zero-order valence-electron chi connectivity index (χ0n) is 40.0. The SMILES string of the molecule is Cc1ccc(OC(=O)C[N+](C)(C)Cc2cc(C(O)CNCCCCCCOCCCCc3ccccc3)ccc2OCOP(=O)([O-])O)c(C(CCN(C(C)C)C(C)C)c2ccccc2)c1. The molecule has 4 rings (SSSR count). The second kappa shape index (κ2) is 27.6. The minimum absolute atomic E-state index is 0.00461. The number of benzene rings is 4. The standard InChI is InChI=1S/C52H76N3O9P/c1-40(2)54(41(3)4)31-29-47(44-23-14-11-15-24-44)48-34-42(5)25-27-51(48)64-52(57)38-55(6,7)37-46-35-45(26-28-50(46)62-39-63-65(58,59)60)49(56)36-53-30-17-8-9-18-32-61-33-19-16-22-43-20-12-10-13-21-43/h10-15,20-21,23-28,34-35,40-41,47,49,53,56H,8-9,16-19,22,29-33,36-39H2,1-7H3,(H-,58,59,60). The molecule has 0 radical (unpaired) electrons. The Hall–Kier alpha value is -3.94. The Bertz CT molecular complexity index is 2020. The van der Waals surface area contributed by atoms with E-state index in [0.29, 0.717) is 41.3 Å². The number of aliphatic hydroxyl groups excluding tert-OH is 1. The van der Waals surface area contributed by atoms with Crippen molar-refractivity contribution >= 4 is 13.8 Å². The Balaban J connectivity index is 1.34. The van der Waals surface area contributed by atoms with E-state index < -0.39 is 26.7 Å². The number of carbonyl (C=O) groups excluding carboxylic acids is 1. The first kappa shape index (κ1) is 53.7. The van der Waals surface area contributed by atoms with Crippen LogP contribution in [0.3, 0.4) is 0 Å². The molecule has 3 N–H and O–H groups in total. The van der Waals surface area contributed by atoms with Crippen molar-refractivity contribution in [1.82, 2.24) is 10.2 Å². The van der Waals surface area contributed by atoms with Gasteiger partial charge in [-0.15, -0.1) is 0 Å². The Morgan fingerprint density at radius 2 is 1.46 bits per heavy atom. The molecule has 0 bridgehead atoms. The highest BCUT2D eigenvalue weighted by atomic mass is 31.2. The van der Waals surface area contributed by atoms with Crippen molar-refractivity contribution in [1.29, 1.82) is 0 Å². The van der Waals surface area contributed by atoms with Crippen molar-refractivity contribution in [3.63, 3.8) is 0 Å². The summed E-state index contributed by atoms with van der Waals surface area (Å²) in [4.78, 5) is 36.8. The largest absolute Gasteiger partial charge is 0.756 e. The number of carbonyl (C=O) groups is 1. The third-order valence-electron chi connectivity index (χ3n) is 11.6. The van der Waals surface area contributed by atoms with Crippen LogP contribution in [-0.4, -0.2) is 97.7 Å².